The molecule has 0 saturated heterocycles. The number of aryl methyl sites for hydroxylation is 1. The summed E-state index contributed by atoms with van der Waals surface area (Å²) in [5.41, 5.74) is 0.165. The monoisotopic (exact) mass is 314 g/mol. The largest absolute Gasteiger partial charge is 0.309 e. The predicted molar refractivity (Wildman–Crippen MR) is 75.3 cm³/mol. The van der Waals surface area contributed by atoms with Gasteiger partial charge in [-0.15, -0.1) is 0 Å². The summed E-state index contributed by atoms with van der Waals surface area (Å²) in [6, 6.07) is 3.77. The number of aliphatic imine (C=N–C) groups is 1. The second-order valence-corrected chi connectivity index (χ2v) is 6.47. The van der Waals surface area contributed by atoms with Gasteiger partial charge in [0.2, 0.25) is 5.96 Å². The van der Waals surface area contributed by atoms with Gasteiger partial charge < -0.3 is 10.2 Å². The highest BCUT2D eigenvalue weighted by Gasteiger charge is 2.22. The number of quaternary nitrogens is 1. The summed E-state index contributed by atoms with van der Waals surface area (Å²) in [6.45, 7) is 2.53. The number of nitro groups is 1. The van der Waals surface area contributed by atoms with Gasteiger partial charge in [-0.25, -0.2) is 13.1 Å². The van der Waals surface area contributed by atoms with Crippen LogP contribution >= 0.6 is 0 Å². The molecule has 2 rings (SSSR count). The van der Waals surface area contributed by atoms with E-state index < -0.39 is 14.9 Å². The van der Waals surface area contributed by atoms with E-state index in [1.807, 2.05) is 7.05 Å². The number of hydrogen-bond acceptors (Lipinski definition) is 6. The van der Waals surface area contributed by atoms with Crippen LogP contribution in [0.4, 0.5) is 5.69 Å². The number of nitrogens with one attached hydrogen (secondary N) is 3. The summed E-state index contributed by atoms with van der Waals surface area (Å²) in [5, 5.41) is 13.7. The Labute approximate surface area is 121 Å². The lowest BCUT2D eigenvalue weighted by Crippen LogP contribution is -3.11. The van der Waals surface area contributed by atoms with E-state index in [0.29, 0.717) is 18.9 Å². The van der Waals surface area contributed by atoms with E-state index in [4.69, 9.17) is 0 Å². The fourth-order valence-corrected chi connectivity index (χ4v) is 2.79. The Hall–Kier alpha value is -2.20. The molecular formula is C11H16N5O4S+. The molecule has 21 heavy (non-hydrogen) atoms. The number of hydrogen-bond donors (Lipinski definition) is 3. The lowest BCUT2D eigenvalue weighted by molar-refractivity contribution is -0.882. The third kappa shape index (κ3) is 3.47. The van der Waals surface area contributed by atoms with Crippen LogP contribution in [0.15, 0.2) is 28.1 Å². The Balaban J connectivity index is 2.28. The molecule has 10 heteroatoms. The first-order valence-corrected chi connectivity index (χ1v) is 7.65. The summed E-state index contributed by atoms with van der Waals surface area (Å²) >= 11 is 0. The third-order valence-corrected chi connectivity index (χ3v) is 4.32. The van der Waals surface area contributed by atoms with Gasteiger partial charge in [0, 0.05) is 11.6 Å². The minimum atomic E-state index is -3.91. The molecule has 0 aromatic heterocycles. The topological polar surface area (TPSA) is 118 Å². The predicted octanol–water partition coefficient (Wildman–Crippen LogP) is -1.43. The summed E-state index contributed by atoms with van der Waals surface area (Å²) in [4.78, 5) is 15.2. The number of rotatable bonds is 3. The first-order valence-electron chi connectivity index (χ1n) is 6.17. The number of benzene rings is 1. The summed E-state index contributed by atoms with van der Waals surface area (Å²) < 4.78 is 26.7. The van der Waals surface area contributed by atoms with Crippen LogP contribution in [0.25, 0.3) is 0 Å². The van der Waals surface area contributed by atoms with Crippen molar-refractivity contribution in [2.75, 3.05) is 20.4 Å². The zero-order valence-electron chi connectivity index (χ0n) is 11.6. The summed E-state index contributed by atoms with van der Waals surface area (Å²) in [5.74, 6) is 0.142. The van der Waals surface area contributed by atoms with Gasteiger partial charge >= 0.3 is 0 Å². The van der Waals surface area contributed by atoms with Crippen molar-refractivity contribution in [2.45, 2.75) is 11.8 Å². The van der Waals surface area contributed by atoms with E-state index in [-0.39, 0.29) is 16.5 Å². The van der Waals surface area contributed by atoms with Crippen LogP contribution in [-0.2, 0) is 10.0 Å². The maximum absolute atomic E-state index is 12.2. The SMILES string of the molecule is Cc1ccc(S(=O)(=O)NC2=NC[NH+](C)CN2)cc1[N+](=O)[O-]. The Morgan fingerprint density at radius 2 is 2.19 bits per heavy atom. The van der Waals surface area contributed by atoms with Gasteiger partial charge in [-0.05, 0) is 13.0 Å². The zero-order chi connectivity index (χ0) is 15.6. The van der Waals surface area contributed by atoms with E-state index in [9.17, 15) is 18.5 Å². The van der Waals surface area contributed by atoms with Crippen molar-refractivity contribution in [1.82, 2.24) is 10.0 Å². The molecule has 1 aliphatic heterocycles. The lowest BCUT2D eigenvalue weighted by atomic mass is 10.2. The Morgan fingerprint density at radius 1 is 1.48 bits per heavy atom. The maximum Gasteiger partial charge on any atom is 0.273 e. The average molecular weight is 314 g/mol. The molecule has 0 spiro atoms. The fourth-order valence-electron chi connectivity index (χ4n) is 1.77. The highest BCUT2D eigenvalue weighted by molar-refractivity contribution is 7.90. The van der Waals surface area contributed by atoms with Crippen LogP contribution < -0.4 is 14.9 Å². The second kappa shape index (κ2) is 5.66. The molecule has 0 fully saturated rings. The number of nitro benzene ring substituents is 1. The van der Waals surface area contributed by atoms with Gasteiger partial charge in [0.05, 0.1) is 16.9 Å². The summed E-state index contributed by atoms with van der Waals surface area (Å²) in [7, 11) is -2.00. The molecule has 114 valence electrons. The van der Waals surface area contributed by atoms with Crippen LogP contribution in [0.1, 0.15) is 5.56 Å². The molecule has 1 unspecified atom stereocenters. The smallest absolute Gasteiger partial charge is 0.273 e. The van der Waals surface area contributed by atoms with Gasteiger partial charge in [-0.2, -0.15) is 4.99 Å². The first-order chi connectivity index (χ1) is 9.79. The average Bonchev–Trinajstić information content (AvgIpc) is 2.41. The molecule has 0 radical (unpaired) electrons. The highest BCUT2D eigenvalue weighted by Crippen LogP contribution is 2.21. The normalized spacial score (nSPS) is 18.6. The van der Waals surface area contributed by atoms with Gasteiger partial charge in [-0.3, -0.25) is 10.1 Å². The standard InChI is InChI=1S/C11H15N5O4S/c1-8-3-4-9(5-10(8)16(17)18)21(19,20)14-11-12-6-15(2)7-13-11/h3-5H,6-7H2,1-2H3,(H2,12,13,14)/p+1. The summed E-state index contributed by atoms with van der Waals surface area (Å²) in [6.07, 6.45) is 0. The van der Waals surface area contributed by atoms with Crippen molar-refractivity contribution in [3.05, 3.63) is 33.9 Å². The van der Waals surface area contributed by atoms with E-state index in [2.05, 4.69) is 15.0 Å². The minimum absolute atomic E-state index is 0.142. The van der Waals surface area contributed by atoms with Crippen molar-refractivity contribution in [2.24, 2.45) is 4.99 Å². The van der Waals surface area contributed by atoms with Gasteiger partial charge in [0.1, 0.15) is 0 Å². The molecule has 1 heterocycles. The van der Waals surface area contributed by atoms with Crippen molar-refractivity contribution in [3.8, 4) is 0 Å². The number of nitrogens with zero attached hydrogens (tertiary/aromatic N) is 2. The van der Waals surface area contributed by atoms with Crippen LogP contribution in [0.3, 0.4) is 0 Å². The van der Waals surface area contributed by atoms with E-state index in [1.54, 1.807) is 6.92 Å². The highest BCUT2D eigenvalue weighted by atomic mass is 32.2. The Bertz CT molecular complexity index is 701. The molecule has 9 nitrogen and oxygen atoms in total. The molecule has 0 saturated carbocycles. The molecule has 1 aliphatic rings. The number of guanidine groups is 1. The van der Waals surface area contributed by atoms with Crippen molar-refractivity contribution in [1.29, 1.82) is 0 Å². The Kier molecular flexibility index (Phi) is 4.09. The molecule has 1 aromatic rings. The number of sulfonamides is 1. The molecule has 0 aliphatic carbocycles. The second-order valence-electron chi connectivity index (χ2n) is 4.79. The van der Waals surface area contributed by atoms with Crippen molar-refractivity contribution >= 4 is 21.7 Å². The molecule has 1 atom stereocenters. The van der Waals surface area contributed by atoms with Crippen molar-refractivity contribution in [3.63, 3.8) is 0 Å². The van der Waals surface area contributed by atoms with Gasteiger partial charge in [0.15, 0.2) is 13.3 Å². The zero-order valence-corrected chi connectivity index (χ0v) is 12.4. The molecule has 0 amide bonds. The van der Waals surface area contributed by atoms with Gasteiger partial charge in [0.25, 0.3) is 15.7 Å². The molecule has 0 bridgehead atoms. The minimum Gasteiger partial charge on any atom is -0.309 e. The van der Waals surface area contributed by atoms with Crippen molar-refractivity contribution < 1.29 is 18.2 Å². The first kappa shape index (κ1) is 15.2. The Morgan fingerprint density at radius 3 is 2.76 bits per heavy atom. The third-order valence-electron chi connectivity index (χ3n) is 2.98. The molecule has 3 N–H and O–H groups in total. The van der Waals surface area contributed by atoms with Gasteiger partial charge in [-0.1, -0.05) is 6.07 Å². The van der Waals surface area contributed by atoms with Crippen LogP contribution in [0.5, 0.6) is 0 Å². The van der Waals surface area contributed by atoms with E-state index in [1.165, 1.54) is 12.1 Å². The van der Waals surface area contributed by atoms with Crippen LogP contribution in [0.2, 0.25) is 0 Å². The quantitative estimate of drug-likeness (QED) is 0.467. The lowest BCUT2D eigenvalue weighted by Gasteiger charge is -2.20. The molecular weight excluding hydrogens is 298 g/mol. The maximum atomic E-state index is 12.2. The molecule has 1 aromatic carbocycles. The van der Waals surface area contributed by atoms with Crippen LogP contribution in [0, 0.1) is 17.0 Å². The van der Waals surface area contributed by atoms with E-state index in [0.717, 1.165) is 11.0 Å². The van der Waals surface area contributed by atoms with Crippen LogP contribution in [-0.4, -0.2) is 39.7 Å². The fraction of sp³-hybridized carbons (Fsp3) is 0.364. The van der Waals surface area contributed by atoms with E-state index >= 15 is 0 Å².